The number of nitrogens with zero attached hydrogens (tertiary/aromatic N) is 2. The van der Waals surface area contributed by atoms with Crippen molar-refractivity contribution in [3.8, 4) is 6.07 Å². The first-order chi connectivity index (χ1) is 14.4. The molecule has 9 heteroatoms. The van der Waals surface area contributed by atoms with E-state index >= 15 is 0 Å². The van der Waals surface area contributed by atoms with Gasteiger partial charge in [-0.25, -0.2) is 4.39 Å². The highest BCUT2D eigenvalue weighted by Gasteiger charge is 2.45. The number of non-ortho nitro benzene ring substituents is 1. The maximum absolute atomic E-state index is 14.3. The molecule has 3 rings (SSSR count). The molecule has 0 aromatic heterocycles. The van der Waals surface area contributed by atoms with Crippen molar-refractivity contribution in [1.82, 2.24) is 0 Å². The van der Waals surface area contributed by atoms with Crippen LogP contribution in [0.5, 0.6) is 0 Å². The number of nitro groups is 1. The summed E-state index contributed by atoms with van der Waals surface area (Å²) in [6, 6.07) is 11.2. The highest BCUT2D eigenvalue weighted by atomic mass is 19.1. The summed E-state index contributed by atoms with van der Waals surface area (Å²) in [5, 5.41) is 22.3. The Morgan fingerprint density at radius 1 is 1.23 bits per heavy atom. The standard InChI is InChI=1S/C21H18FN3O5/c22-17-6-2-1-5-16(17)21(9-3-4-10-21)20(27)30-13-19(26)24-18-8-7-15(25(28)29)11-14(18)12-23/h1-2,5-8,11H,3-4,9-10,13H2,(H,24,26). The highest BCUT2D eigenvalue weighted by molar-refractivity contribution is 5.95. The van der Waals surface area contributed by atoms with E-state index in [0.29, 0.717) is 12.8 Å². The number of amides is 1. The lowest BCUT2D eigenvalue weighted by Gasteiger charge is -2.27. The lowest BCUT2D eigenvalue weighted by atomic mass is 9.78. The van der Waals surface area contributed by atoms with Crippen LogP contribution in [0.15, 0.2) is 42.5 Å². The molecular weight excluding hydrogens is 393 g/mol. The van der Waals surface area contributed by atoms with Crippen LogP contribution in [0.4, 0.5) is 15.8 Å². The van der Waals surface area contributed by atoms with Crippen molar-refractivity contribution >= 4 is 23.3 Å². The topological polar surface area (TPSA) is 122 Å². The molecule has 8 nitrogen and oxygen atoms in total. The van der Waals surface area contributed by atoms with E-state index in [1.165, 1.54) is 18.2 Å². The summed E-state index contributed by atoms with van der Waals surface area (Å²) in [7, 11) is 0. The zero-order valence-corrected chi connectivity index (χ0v) is 15.9. The van der Waals surface area contributed by atoms with Gasteiger partial charge in [-0.1, -0.05) is 31.0 Å². The van der Waals surface area contributed by atoms with Crippen molar-refractivity contribution in [3.63, 3.8) is 0 Å². The molecule has 1 amide bonds. The monoisotopic (exact) mass is 411 g/mol. The molecule has 2 aromatic rings. The van der Waals surface area contributed by atoms with Crippen LogP contribution in [-0.4, -0.2) is 23.4 Å². The smallest absolute Gasteiger partial charge is 0.317 e. The van der Waals surface area contributed by atoms with Crippen LogP contribution in [-0.2, 0) is 19.7 Å². The van der Waals surface area contributed by atoms with Crippen LogP contribution in [0.3, 0.4) is 0 Å². The molecule has 1 aliphatic rings. The number of hydrogen-bond donors (Lipinski definition) is 1. The van der Waals surface area contributed by atoms with E-state index in [0.717, 1.165) is 25.0 Å². The summed E-state index contributed by atoms with van der Waals surface area (Å²) < 4.78 is 19.5. The van der Waals surface area contributed by atoms with Gasteiger partial charge in [0.25, 0.3) is 11.6 Å². The second-order valence-electron chi connectivity index (χ2n) is 6.99. The number of carbonyl (C=O) groups excluding carboxylic acids is 2. The van der Waals surface area contributed by atoms with E-state index in [4.69, 9.17) is 10.00 Å². The number of rotatable bonds is 6. The molecule has 0 spiro atoms. The van der Waals surface area contributed by atoms with Crippen molar-refractivity contribution in [2.75, 3.05) is 11.9 Å². The van der Waals surface area contributed by atoms with E-state index in [1.54, 1.807) is 18.2 Å². The largest absolute Gasteiger partial charge is 0.455 e. The van der Waals surface area contributed by atoms with Crippen LogP contribution in [0.2, 0.25) is 0 Å². The maximum Gasteiger partial charge on any atom is 0.317 e. The predicted octanol–water partition coefficient (Wildman–Crippen LogP) is 3.60. The summed E-state index contributed by atoms with van der Waals surface area (Å²) in [5.41, 5.74) is -1.19. The first-order valence-corrected chi connectivity index (χ1v) is 9.28. The number of benzene rings is 2. The number of nitro benzene ring substituents is 1. The normalized spacial score (nSPS) is 14.5. The Kier molecular flexibility index (Phi) is 6.06. The number of anilines is 1. The van der Waals surface area contributed by atoms with Crippen molar-refractivity contribution in [3.05, 3.63) is 69.5 Å². The minimum atomic E-state index is -1.13. The molecule has 2 aromatic carbocycles. The molecule has 0 saturated heterocycles. The van der Waals surface area contributed by atoms with Gasteiger partial charge in [0, 0.05) is 17.7 Å². The molecular formula is C21H18FN3O5. The number of nitrogens with one attached hydrogen (secondary N) is 1. The Balaban J connectivity index is 1.70. The van der Waals surface area contributed by atoms with Gasteiger partial charge in [0.05, 0.1) is 21.6 Å². The van der Waals surface area contributed by atoms with Gasteiger partial charge >= 0.3 is 5.97 Å². The molecule has 1 aliphatic carbocycles. The SMILES string of the molecule is N#Cc1cc([N+](=O)[O-])ccc1NC(=O)COC(=O)C1(c2ccccc2F)CCCC1. The van der Waals surface area contributed by atoms with E-state index in [2.05, 4.69) is 5.32 Å². The van der Waals surface area contributed by atoms with Crippen molar-refractivity contribution in [1.29, 1.82) is 5.26 Å². The highest BCUT2D eigenvalue weighted by Crippen LogP contribution is 2.43. The summed E-state index contributed by atoms with van der Waals surface area (Å²) in [6.07, 6.45) is 2.33. The van der Waals surface area contributed by atoms with Gasteiger partial charge in [0.1, 0.15) is 11.9 Å². The second-order valence-corrected chi connectivity index (χ2v) is 6.99. The molecule has 0 unspecified atom stereocenters. The lowest BCUT2D eigenvalue weighted by molar-refractivity contribution is -0.384. The fraction of sp³-hybridized carbons (Fsp3) is 0.286. The van der Waals surface area contributed by atoms with E-state index in [9.17, 15) is 24.1 Å². The third-order valence-corrected chi connectivity index (χ3v) is 5.18. The molecule has 0 atom stereocenters. The Hall–Kier alpha value is -3.80. The number of ether oxygens (including phenoxy) is 1. The summed E-state index contributed by atoms with van der Waals surface area (Å²) >= 11 is 0. The van der Waals surface area contributed by atoms with Crippen molar-refractivity contribution in [2.24, 2.45) is 0 Å². The minimum absolute atomic E-state index is 0.0637. The number of halogens is 1. The van der Waals surface area contributed by atoms with Gasteiger partial charge in [0.2, 0.25) is 0 Å². The second kappa shape index (κ2) is 8.69. The Labute approximate surface area is 171 Å². The van der Waals surface area contributed by atoms with Crippen molar-refractivity contribution < 1.29 is 23.6 Å². The molecule has 30 heavy (non-hydrogen) atoms. The quantitative estimate of drug-likeness (QED) is 0.440. The Morgan fingerprint density at radius 3 is 2.57 bits per heavy atom. The van der Waals surface area contributed by atoms with Crippen LogP contribution in [0, 0.1) is 27.3 Å². The summed E-state index contributed by atoms with van der Waals surface area (Å²) in [6.45, 7) is -0.628. The van der Waals surface area contributed by atoms with Gasteiger partial charge < -0.3 is 10.1 Å². The molecule has 154 valence electrons. The first kappa shape index (κ1) is 20.9. The molecule has 1 fully saturated rings. The minimum Gasteiger partial charge on any atom is -0.455 e. The fourth-order valence-corrected chi connectivity index (χ4v) is 3.71. The van der Waals surface area contributed by atoms with E-state index in [-0.39, 0.29) is 22.5 Å². The third kappa shape index (κ3) is 4.12. The van der Waals surface area contributed by atoms with E-state index < -0.39 is 34.6 Å². The third-order valence-electron chi connectivity index (χ3n) is 5.18. The van der Waals surface area contributed by atoms with Gasteiger partial charge in [-0.15, -0.1) is 0 Å². The fourth-order valence-electron chi connectivity index (χ4n) is 3.71. The average molecular weight is 411 g/mol. The molecule has 0 heterocycles. The van der Waals surface area contributed by atoms with Gasteiger partial charge in [-0.05, 0) is 25.0 Å². The summed E-state index contributed by atoms with van der Waals surface area (Å²) in [5.74, 6) is -1.88. The van der Waals surface area contributed by atoms with Crippen LogP contribution >= 0.6 is 0 Å². The van der Waals surface area contributed by atoms with Gasteiger partial charge in [0.15, 0.2) is 6.61 Å². The van der Waals surface area contributed by atoms with Gasteiger partial charge in [-0.2, -0.15) is 5.26 Å². The number of nitriles is 1. The zero-order valence-electron chi connectivity index (χ0n) is 15.9. The Morgan fingerprint density at radius 2 is 1.93 bits per heavy atom. The van der Waals surface area contributed by atoms with Gasteiger partial charge in [-0.3, -0.25) is 19.7 Å². The van der Waals surface area contributed by atoms with Crippen LogP contribution in [0.25, 0.3) is 0 Å². The molecule has 0 aliphatic heterocycles. The average Bonchev–Trinajstić information content (AvgIpc) is 3.23. The summed E-state index contributed by atoms with van der Waals surface area (Å²) in [4.78, 5) is 35.2. The first-order valence-electron chi connectivity index (χ1n) is 9.28. The molecule has 1 saturated carbocycles. The molecule has 1 N–H and O–H groups in total. The number of hydrogen-bond acceptors (Lipinski definition) is 6. The number of esters is 1. The molecule has 0 radical (unpaired) electrons. The van der Waals surface area contributed by atoms with Crippen LogP contribution in [0.1, 0.15) is 36.8 Å². The van der Waals surface area contributed by atoms with E-state index in [1.807, 2.05) is 0 Å². The lowest BCUT2D eigenvalue weighted by Crippen LogP contribution is -2.37. The molecule has 0 bridgehead atoms. The predicted molar refractivity (Wildman–Crippen MR) is 104 cm³/mol. The Bertz CT molecular complexity index is 1040. The van der Waals surface area contributed by atoms with Crippen molar-refractivity contribution in [2.45, 2.75) is 31.1 Å². The maximum atomic E-state index is 14.3. The van der Waals surface area contributed by atoms with Crippen LogP contribution < -0.4 is 5.32 Å². The number of carbonyl (C=O) groups is 2. The zero-order chi connectivity index (χ0) is 21.7.